The molecule has 0 aliphatic heterocycles. The number of hydrogen-bond acceptors (Lipinski definition) is 2. The van der Waals surface area contributed by atoms with Crippen molar-refractivity contribution < 1.29 is 13.6 Å². The second-order valence-corrected chi connectivity index (χ2v) is 5.71. The minimum Gasteiger partial charge on any atom is -0.399 e. The van der Waals surface area contributed by atoms with Crippen molar-refractivity contribution in [1.29, 1.82) is 0 Å². The van der Waals surface area contributed by atoms with Crippen LogP contribution < -0.4 is 11.1 Å². The van der Waals surface area contributed by atoms with Gasteiger partial charge < -0.3 is 11.1 Å². The molecule has 0 aliphatic carbocycles. The van der Waals surface area contributed by atoms with Gasteiger partial charge >= 0.3 is 0 Å². The van der Waals surface area contributed by atoms with Crippen LogP contribution in [0, 0.1) is 11.6 Å². The van der Waals surface area contributed by atoms with Crippen LogP contribution in [0.2, 0.25) is 0 Å². The van der Waals surface area contributed by atoms with Crippen LogP contribution in [0.15, 0.2) is 39.3 Å². The molecule has 2 rings (SSSR count). The highest BCUT2D eigenvalue weighted by molar-refractivity contribution is 9.10. The van der Waals surface area contributed by atoms with E-state index in [9.17, 15) is 13.6 Å². The summed E-state index contributed by atoms with van der Waals surface area (Å²) in [5.41, 5.74) is 5.69. The number of halogens is 4. The monoisotopic (exact) mass is 404 g/mol. The van der Waals surface area contributed by atoms with Gasteiger partial charge in [-0.25, -0.2) is 8.78 Å². The lowest BCUT2D eigenvalue weighted by Gasteiger charge is -2.10. The third-order valence-corrected chi connectivity index (χ3v) is 3.62. The van der Waals surface area contributed by atoms with Gasteiger partial charge in [-0.15, -0.1) is 0 Å². The third kappa shape index (κ3) is 3.16. The van der Waals surface area contributed by atoms with Crippen molar-refractivity contribution in [2.75, 3.05) is 11.1 Å². The lowest BCUT2D eigenvalue weighted by atomic mass is 10.1. The summed E-state index contributed by atoms with van der Waals surface area (Å²) in [6.07, 6.45) is 0. The summed E-state index contributed by atoms with van der Waals surface area (Å²) in [4.78, 5) is 12.0. The van der Waals surface area contributed by atoms with Gasteiger partial charge in [0.15, 0.2) is 0 Å². The average Bonchev–Trinajstić information content (AvgIpc) is 2.32. The molecule has 104 valence electrons. The highest BCUT2D eigenvalue weighted by atomic mass is 79.9. The molecule has 2 aromatic rings. The molecule has 3 N–H and O–H groups in total. The molecule has 7 heteroatoms. The highest BCUT2D eigenvalue weighted by Gasteiger charge is 2.19. The SMILES string of the molecule is Nc1ccc(Br)c(NC(=O)c2c(F)cc(Br)cc2F)c1. The summed E-state index contributed by atoms with van der Waals surface area (Å²) in [5, 5.41) is 2.41. The van der Waals surface area contributed by atoms with Crippen molar-refractivity contribution in [2.45, 2.75) is 0 Å². The third-order valence-electron chi connectivity index (χ3n) is 2.47. The molecular formula is C13H8Br2F2N2O. The van der Waals surface area contributed by atoms with Crippen LogP contribution >= 0.6 is 31.9 Å². The Morgan fingerprint density at radius 1 is 1.10 bits per heavy atom. The zero-order valence-corrected chi connectivity index (χ0v) is 13.1. The maximum absolute atomic E-state index is 13.7. The molecule has 0 saturated heterocycles. The Kier molecular flexibility index (Phi) is 4.39. The summed E-state index contributed by atoms with van der Waals surface area (Å²) < 4.78 is 28.1. The van der Waals surface area contributed by atoms with E-state index >= 15 is 0 Å². The Bertz CT molecular complexity index is 669. The summed E-state index contributed by atoms with van der Waals surface area (Å²) in [7, 11) is 0. The Labute approximate surface area is 130 Å². The van der Waals surface area contributed by atoms with E-state index in [-0.39, 0.29) is 4.47 Å². The Hall–Kier alpha value is -1.47. The predicted octanol–water partition coefficient (Wildman–Crippen LogP) is 4.32. The van der Waals surface area contributed by atoms with E-state index in [0.29, 0.717) is 15.8 Å². The number of anilines is 2. The summed E-state index contributed by atoms with van der Waals surface area (Å²) in [5.74, 6) is -2.79. The van der Waals surface area contributed by atoms with E-state index in [4.69, 9.17) is 5.73 Å². The predicted molar refractivity (Wildman–Crippen MR) is 80.6 cm³/mol. The number of carbonyl (C=O) groups is 1. The number of nitrogens with two attached hydrogens (primary N) is 1. The summed E-state index contributed by atoms with van der Waals surface area (Å²) in [6, 6.07) is 6.77. The van der Waals surface area contributed by atoms with Crippen molar-refractivity contribution in [3.8, 4) is 0 Å². The van der Waals surface area contributed by atoms with E-state index in [1.807, 2.05) is 0 Å². The molecule has 3 nitrogen and oxygen atoms in total. The van der Waals surface area contributed by atoms with Crippen molar-refractivity contribution in [2.24, 2.45) is 0 Å². The molecule has 0 spiro atoms. The molecule has 2 aromatic carbocycles. The minimum absolute atomic E-state index is 0.217. The van der Waals surface area contributed by atoms with Gasteiger partial charge in [-0.3, -0.25) is 4.79 Å². The van der Waals surface area contributed by atoms with Gasteiger partial charge in [0.25, 0.3) is 5.91 Å². The lowest BCUT2D eigenvalue weighted by molar-refractivity contribution is 0.101. The normalized spacial score (nSPS) is 10.4. The number of carbonyl (C=O) groups excluding carboxylic acids is 1. The molecule has 0 unspecified atom stereocenters. The van der Waals surface area contributed by atoms with E-state index in [2.05, 4.69) is 37.2 Å². The van der Waals surface area contributed by atoms with Gasteiger partial charge in [0.2, 0.25) is 0 Å². The Morgan fingerprint density at radius 2 is 1.70 bits per heavy atom. The van der Waals surface area contributed by atoms with E-state index in [1.165, 1.54) is 6.07 Å². The van der Waals surface area contributed by atoms with Crippen molar-refractivity contribution in [3.05, 3.63) is 56.5 Å². The zero-order chi connectivity index (χ0) is 14.9. The molecule has 0 bridgehead atoms. The maximum Gasteiger partial charge on any atom is 0.261 e. The van der Waals surface area contributed by atoms with Gasteiger partial charge in [0.1, 0.15) is 17.2 Å². The largest absolute Gasteiger partial charge is 0.399 e. The van der Waals surface area contributed by atoms with Gasteiger partial charge in [0.05, 0.1) is 5.69 Å². The van der Waals surface area contributed by atoms with Crippen LogP contribution in [0.25, 0.3) is 0 Å². The summed E-state index contributed by atoms with van der Waals surface area (Å²) in [6.45, 7) is 0. The van der Waals surface area contributed by atoms with E-state index in [0.717, 1.165) is 12.1 Å². The van der Waals surface area contributed by atoms with Crippen LogP contribution in [0.3, 0.4) is 0 Å². The van der Waals surface area contributed by atoms with Crippen LogP contribution in [-0.4, -0.2) is 5.91 Å². The first-order valence-corrected chi connectivity index (χ1v) is 6.98. The number of hydrogen-bond donors (Lipinski definition) is 2. The van der Waals surface area contributed by atoms with Crippen LogP contribution in [0.5, 0.6) is 0 Å². The van der Waals surface area contributed by atoms with Crippen LogP contribution in [-0.2, 0) is 0 Å². The number of nitrogens with one attached hydrogen (secondary N) is 1. The van der Waals surface area contributed by atoms with E-state index in [1.54, 1.807) is 12.1 Å². The second-order valence-electron chi connectivity index (χ2n) is 3.94. The van der Waals surface area contributed by atoms with Crippen molar-refractivity contribution >= 4 is 49.1 Å². The van der Waals surface area contributed by atoms with Gasteiger partial charge in [-0.2, -0.15) is 0 Å². The Morgan fingerprint density at radius 3 is 2.30 bits per heavy atom. The fourth-order valence-electron chi connectivity index (χ4n) is 1.58. The first-order valence-electron chi connectivity index (χ1n) is 5.39. The number of benzene rings is 2. The van der Waals surface area contributed by atoms with E-state index < -0.39 is 23.1 Å². The smallest absolute Gasteiger partial charge is 0.261 e. The molecule has 0 fully saturated rings. The first kappa shape index (κ1) is 14.9. The molecule has 0 aliphatic rings. The fraction of sp³-hybridized carbons (Fsp3) is 0. The highest BCUT2D eigenvalue weighted by Crippen LogP contribution is 2.26. The fourth-order valence-corrected chi connectivity index (χ4v) is 2.33. The van der Waals surface area contributed by atoms with Crippen LogP contribution in [0.1, 0.15) is 10.4 Å². The quantitative estimate of drug-likeness (QED) is 0.731. The molecular weight excluding hydrogens is 398 g/mol. The number of rotatable bonds is 2. The summed E-state index contributed by atoms with van der Waals surface area (Å²) >= 11 is 6.16. The second kappa shape index (κ2) is 5.88. The van der Waals surface area contributed by atoms with Crippen molar-refractivity contribution in [3.63, 3.8) is 0 Å². The molecule has 0 aromatic heterocycles. The standard InChI is InChI=1S/C13H8Br2F2N2O/c14-6-3-9(16)12(10(17)4-6)13(20)19-11-5-7(18)1-2-8(11)15/h1-5H,18H2,(H,19,20). The lowest BCUT2D eigenvalue weighted by Crippen LogP contribution is -2.16. The number of nitrogen functional groups attached to an aromatic ring is 1. The molecule has 1 amide bonds. The zero-order valence-electron chi connectivity index (χ0n) is 9.88. The topological polar surface area (TPSA) is 55.1 Å². The van der Waals surface area contributed by atoms with Gasteiger partial charge in [-0.1, -0.05) is 15.9 Å². The molecule has 0 saturated carbocycles. The Balaban J connectivity index is 2.36. The van der Waals surface area contributed by atoms with Gasteiger partial charge in [-0.05, 0) is 46.3 Å². The first-order chi connectivity index (χ1) is 9.38. The van der Waals surface area contributed by atoms with Gasteiger partial charge in [0, 0.05) is 14.6 Å². The molecule has 0 radical (unpaired) electrons. The number of amides is 1. The van der Waals surface area contributed by atoms with Crippen molar-refractivity contribution in [1.82, 2.24) is 0 Å². The molecule has 0 atom stereocenters. The maximum atomic E-state index is 13.7. The minimum atomic E-state index is -0.950. The van der Waals surface area contributed by atoms with Crippen LogP contribution in [0.4, 0.5) is 20.2 Å². The molecule has 0 heterocycles. The molecule has 20 heavy (non-hydrogen) atoms. The average molecular weight is 406 g/mol.